The largest absolute Gasteiger partial charge is 0.491 e. The van der Waals surface area contributed by atoms with E-state index in [1.807, 2.05) is 35.8 Å². The van der Waals surface area contributed by atoms with Gasteiger partial charge in [0.2, 0.25) is 0 Å². The number of benzene rings is 1. The maximum absolute atomic E-state index is 5.84. The van der Waals surface area contributed by atoms with Gasteiger partial charge in [-0.3, -0.25) is 0 Å². The normalized spacial score (nSPS) is 12.4. The number of nitrogens with one attached hydrogen (secondary N) is 1. The van der Waals surface area contributed by atoms with Gasteiger partial charge in [0.1, 0.15) is 10.8 Å². The Bertz CT molecular complexity index is 497. The Kier molecular flexibility index (Phi) is 4.80. The fourth-order valence-corrected chi connectivity index (χ4v) is 2.36. The van der Waals surface area contributed by atoms with Crippen LogP contribution in [-0.4, -0.2) is 11.6 Å². The molecular weight excluding hydrogens is 256 g/mol. The summed E-state index contributed by atoms with van der Waals surface area (Å²) in [5.74, 6) is 1.42. The summed E-state index contributed by atoms with van der Waals surface area (Å²) in [7, 11) is 0. The summed E-state index contributed by atoms with van der Waals surface area (Å²) in [6.45, 7) is 7.13. The van der Waals surface area contributed by atoms with Crippen LogP contribution in [0.2, 0.25) is 0 Å². The monoisotopic (exact) mass is 276 g/mol. The standard InChI is InChI=1S/C15H20N2OS/c1-11(2)10-18-14-7-5-4-6-13(14)17-12(3)15-16-8-9-19-15/h4-9,11-12,17H,10H2,1-3H3. The lowest BCUT2D eigenvalue weighted by molar-refractivity contribution is 0.272. The third kappa shape index (κ3) is 3.96. The molecule has 2 aromatic rings. The van der Waals surface area contributed by atoms with Crippen LogP contribution >= 0.6 is 11.3 Å². The fraction of sp³-hybridized carbons (Fsp3) is 0.400. The highest BCUT2D eigenvalue weighted by Gasteiger charge is 2.11. The third-order valence-electron chi connectivity index (χ3n) is 2.65. The zero-order valence-electron chi connectivity index (χ0n) is 11.6. The van der Waals surface area contributed by atoms with Crippen LogP contribution in [0, 0.1) is 5.92 Å². The molecule has 0 radical (unpaired) electrons. The smallest absolute Gasteiger partial charge is 0.142 e. The van der Waals surface area contributed by atoms with Gasteiger partial charge in [0.05, 0.1) is 18.3 Å². The van der Waals surface area contributed by atoms with Crippen LogP contribution < -0.4 is 10.1 Å². The van der Waals surface area contributed by atoms with E-state index in [1.54, 1.807) is 11.3 Å². The van der Waals surface area contributed by atoms with Crippen molar-refractivity contribution in [3.8, 4) is 5.75 Å². The molecule has 0 aliphatic rings. The number of para-hydroxylation sites is 2. The fourth-order valence-electron chi connectivity index (χ4n) is 1.71. The summed E-state index contributed by atoms with van der Waals surface area (Å²) in [5.41, 5.74) is 1.02. The van der Waals surface area contributed by atoms with E-state index in [0.29, 0.717) is 5.92 Å². The van der Waals surface area contributed by atoms with Crippen molar-refractivity contribution in [3.63, 3.8) is 0 Å². The van der Waals surface area contributed by atoms with E-state index in [2.05, 4.69) is 31.1 Å². The minimum absolute atomic E-state index is 0.184. The summed E-state index contributed by atoms with van der Waals surface area (Å²) in [4.78, 5) is 4.33. The molecule has 0 bridgehead atoms. The molecule has 1 unspecified atom stereocenters. The lowest BCUT2D eigenvalue weighted by Crippen LogP contribution is -2.10. The van der Waals surface area contributed by atoms with Crippen LogP contribution in [0.25, 0.3) is 0 Å². The van der Waals surface area contributed by atoms with Crippen LogP contribution in [0.1, 0.15) is 31.8 Å². The number of thiazole rings is 1. The van der Waals surface area contributed by atoms with Gasteiger partial charge in [-0.25, -0.2) is 4.98 Å². The van der Waals surface area contributed by atoms with Crippen molar-refractivity contribution in [1.82, 2.24) is 4.98 Å². The number of ether oxygens (including phenoxy) is 1. The van der Waals surface area contributed by atoms with Crippen molar-refractivity contribution in [2.75, 3.05) is 11.9 Å². The number of hydrogen-bond acceptors (Lipinski definition) is 4. The Morgan fingerprint density at radius 3 is 2.74 bits per heavy atom. The highest BCUT2D eigenvalue weighted by molar-refractivity contribution is 7.09. The zero-order valence-corrected chi connectivity index (χ0v) is 12.4. The van der Waals surface area contributed by atoms with Crippen LogP contribution in [0.5, 0.6) is 5.75 Å². The minimum atomic E-state index is 0.184. The van der Waals surface area contributed by atoms with E-state index in [9.17, 15) is 0 Å². The first-order valence-electron chi connectivity index (χ1n) is 6.54. The van der Waals surface area contributed by atoms with Gasteiger partial charge in [-0.2, -0.15) is 0 Å². The molecule has 0 fully saturated rings. The molecule has 2 rings (SSSR count). The first kappa shape index (κ1) is 13.9. The number of anilines is 1. The van der Waals surface area contributed by atoms with Crippen LogP contribution in [0.15, 0.2) is 35.8 Å². The zero-order chi connectivity index (χ0) is 13.7. The second-order valence-corrected chi connectivity index (χ2v) is 5.86. The van der Waals surface area contributed by atoms with E-state index in [-0.39, 0.29) is 6.04 Å². The van der Waals surface area contributed by atoms with E-state index < -0.39 is 0 Å². The van der Waals surface area contributed by atoms with Gasteiger partial charge in [-0.05, 0) is 25.0 Å². The molecule has 3 nitrogen and oxygen atoms in total. The van der Waals surface area contributed by atoms with Crippen LogP contribution in [0.3, 0.4) is 0 Å². The molecule has 1 heterocycles. The molecule has 0 saturated carbocycles. The highest BCUT2D eigenvalue weighted by atomic mass is 32.1. The molecule has 1 N–H and O–H groups in total. The summed E-state index contributed by atoms with van der Waals surface area (Å²) in [6, 6.07) is 8.23. The molecule has 19 heavy (non-hydrogen) atoms. The van der Waals surface area contributed by atoms with Crippen LogP contribution in [0.4, 0.5) is 5.69 Å². The highest BCUT2D eigenvalue weighted by Crippen LogP contribution is 2.28. The Morgan fingerprint density at radius 1 is 1.26 bits per heavy atom. The number of rotatable bonds is 6. The Morgan fingerprint density at radius 2 is 2.05 bits per heavy atom. The van der Waals surface area contributed by atoms with Crippen molar-refractivity contribution in [2.24, 2.45) is 5.92 Å². The molecule has 0 spiro atoms. The summed E-state index contributed by atoms with van der Waals surface area (Å²) < 4.78 is 5.84. The number of aromatic nitrogens is 1. The summed E-state index contributed by atoms with van der Waals surface area (Å²) >= 11 is 1.66. The molecule has 1 aromatic carbocycles. The van der Waals surface area contributed by atoms with Crippen molar-refractivity contribution < 1.29 is 4.74 Å². The van der Waals surface area contributed by atoms with Gasteiger partial charge in [-0.1, -0.05) is 26.0 Å². The topological polar surface area (TPSA) is 34.1 Å². The maximum Gasteiger partial charge on any atom is 0.142 e. The van der Waals surface area contributed by atoms with E-state index in [0.717, 1.165) is 23.1 Å². The third-order valence-corrected chi connectivity index (χ3v) is 3.61. The molecule has 1 atom stereocenters. The van der Waals surface area contributed by atoms with Crippen molar-refractivity contribution >= 4 is 17.0 Å². The summed E-state index contributed by atoms with van der Waals surface area (Å²) in [6.07, 6.45) is 1.83. The van der Waals surface area contributed by atoms with Gasteiger partial charge >= 0.3 is 0 Å². The second-order valence-electron chi connectivity index (χ2n) is 4.94. The average Bonchev–Trinajstić information content (AvgIpc) is 2.91. The van der Waals surface area contributed by atoms with Gasteiger partial charge in [0.15, 0.2) is 0 Å². The van der Waals surface area contributed by atoms with Crippen molar-refractivity contribution in [2.45, 2.75) is 26.8 Å². The molecule has 0 saturated heterocycles. The Labute approximate surface area is 118 Å². The average molecular weight is 276 g/mol. The quantitative estimate of drug-likeness (QED) is 0.851. The Balaban J connectivity index is 2.07. The maximum atomic E-state index is 5.84. The second kappa shape index (κ2) is 6.57. The van der Waals surface area contributed by atoms with Gasteiger partial charge in [0.25, 0.3) is 0 Å². The Hall–Kier alpha value is -1.55. The molecule has 4 heteroatoms. The first-order chi connectivity index (χ1) is 9.16. The molecule has 1 aromatic heterocycles. The molecule has 102 valence electrons. The van der Waals surface area contributed by atoms with Crippen molar-refractivity contribution in [3.05, 3.63) is 40.8 Å². The van der Waals surface area contributed by atoms with Gasteiger partial charge in [0, 0.05) is 11.6 Å². The molecular formula is C15H20N2OS. The predicted molar refractivity (Wildman–Crippen MR) is 80.9 cm³/mol. The summed E-state index contributed by atoms with van der Waals surface area (Å²) in [5, 5.41) is 6.54. The lowest BCUT2D eigenvalue weighted by atomic mass is 10.2. The van der Waals surface area contributed by atoms with Gasteiger partial charge < -0.3 is 10.1 Å². The van der Waals surface area contributed by atoms with Gasteiger partial charge in [-0.15, -0.1) is 11.3 Å². The molecule has 0 aliphatic heterocycles. The van der Waals surface area contributed by atoms with E-state index in [4.69, 9.17) is 4.74 Å². The molecule has 0 aliphatic carbocycles. The van der Waals surface area contributed by atoms with E-state index in [1.165, 1.54) is 0 Å². The number of nitrogens with zero attached hydrogens (tertiary/aromatic N) is 1. The van der Waals surface area contributed by atoms with Crippen molar-refractivity contribution in [1.29, 1.82) is 0 Å². The SMILES string of the molecule is CC(C)COc1ccccc1NC(C)c1nccs1. The number of hydrogen-bond donors (Lipinski definition) is 1. The first-order valence-corrected chi connectivity index (χ1v) is 7.42. The molecule has 0 amide bonds. The lowest BCUT2D eigenvalue weighted by Gasteiger charge is -2.17. The van der Waals surface area contributed by atoms with Crippen LogP contribution in [-0.2, 0) is 0 Å². The predicted octanol–water partition coefficient (Wildman–Crippen LogP) is 4.35. The van der Waals surface area contributed by atoms with E-state index >= 15 is 0 Å². The minimum Gasteiger partial charge on any atom is -0.491 e.